The molecule has 0 aliphatic carbocycles. The molecule has 0 unspecified atom stereocenters. The molecule has 21 heavy (non-hydrogen) atoms. The third-order valence-electron chi connectivity index (χ3n) is 3.31. The van der Waals surface area contributed by atoms with E-state index in [2.05, 4.69) is 16.5 Å². The molecule has 1 aromatic carbocycles. The Morgan fingerprint density at radius 1 is 1.33 bits per heavy atom. The molecule has 5 nitrogen and oxygen atoms in total. The topological polar surface area (TPSA) is 62.3 Å². The number of hydrogen-bond acceptors (Lipinski definition) is 4. The van der Waals surface area contributed by atoms with Crippen LogP contribution in [0, 0.1) is 11.3 Å². The van der Waals surface area contributed by atoms with E-state index in [1.807, 2.05) is 41.2 Å². The van der Waals surface area contributed by atoms with Crippen molar-refractivity contribution in [2.75, 3.05) is 12.4 Å². The Hall–Kier alpha value is -3.00. The van der Waals surface area contributed by atoms with Crippen LogP contribution in [-0.2, 0) is 6.54 Å². The number of nitrogens with one attached hydrogen (secondary N) is 1. The molecule has 0 radical (unpaired) electrons. The van der Waals surface area contributed by atoms with Crippen molar-refractivity contribution >= 4 is 11.2 Å². The van der Waals surface area contributed by atoms with Crippen LogP contribution in [0.25, 0.3) is 5.52 Å². The van der Waals surface area contributed by atoms with Crippen LogP contribution < -0.4 is 10.1 Å². The van der Waals surface area contributed by atoms with Gasteiger partial charge in [-0.05, 0) is 24.3 Å². The largest absolute Gasteiger partial charge is 0.495 e. The number of anilines is 1. The van der Waals surface area contributed by atoms with E-state index in [4.69, 9.17) is 10.00 Å². The van der Waals surface area contributed by atoms with E-state index in [1.54, 1.807) is 19.2 Å². The Bertz CT molecular complexity index is 817. The standard InChI is InChI=1S/C16H14N4O/c1-21-16-8-12(9-17)5-6-14(16)18-10-13-11-19-20-7-3-2-4-15(13)20/h2-8,11,18H,10H2,1H3. The van der Waals surface area contributed by atoms with Crippen molar-refractivity contribution in [3.63, 3.8) is 0 Å². The predicted molar refractivity (Wildman–Crippen MR) is 80.2 cm³/mol. The molecule has 0 saturated carbocycles. The number of methoxy groups -OCH3 is 1. The molecule has 1 N–H and O–H groups in total. The van der Waals surface area contributed by atoms with Crippen molar-refractivity contribution in [1.29, 1.82) is 5.26 Å². The van der Waals surface area contributed by atoms with Crippen molar-refractivity contribution in [1.82, 2.24) is 9.61 Å². The summed E-state index contributed by atoms with van der Waals surface area (Å²) in [6, 6.07) is 13.4. The summed E-state index contributed by atoms with van der Waals surface area (Å²) >= 11 is 0. The maximum Gasteiger partial charge on any atom is 0.143 e. The minimum absolute atomic E-state index is 0.577. The van der Waals surface area contributed by atoms with Crippen LogP contribution in [0.15, 0.2) is 48.8 Å². The lowest BCUT2D eigenvalue weighted by Gasteiger charge is -2.10. The molecule has 3 aromatic rings. The summed E-state index contributed by atoms with van der Waals surface area (Å²) in [6.45, 7) is 0.635. The molecular formula is C16H14N4O. The fraction of sp³-hybridized carbons (Fsp3) is 0.125. The van der Waals surface area contributed by atoms with E-state index in [9.17, 15) is 0 Å². The molecule has 104 valence electrons. The van der Waals surface area contributed by atoms with Crippen LogP contribution in [0.3, 0.4) is 0 Å². The third kappa shape index (κ3) is 2.51. The second kappa shape index (κ2) is 5.55. The average Bonchev–Trinajstić information content (AvgIpc) is 2.96. The maximum atomic E-state index is 8.91. The quantitative estimate of drug-likeness (QED) is 0.797. The molecule has 0 amide bonds. The number of aromatic nitrogens is 2. The SMILES string of the molecule is COc1cc(C#N)ccc1NCc1cnn2ccccc12. The van der Waals surface area contributed by atoms with Gasteiger partial charge in [0.2, 0.25) is 0 Å². The summed E-state index contributed by atoms with van der Waals surface area (Å²) in [4.78, 5) is 0. The summed E-state index contributed by atoms with van der Waals surface area (Å²) in [6.07, 6.45) is 3.76. The van der Waals surface area contributed by atoms with Gasteiger partial charge in [0.15, 0.2) is 0 Å². The zero-order valence-electron chi connectivity index (χ0n) is 11.6. The van der Waals surface area contributed by atoms with E-state index in [0.29, 0.717) is 17.9 Å². The number of nitriles is 1. The highest BCUT2D eigenvalue weighted by Gasteiger charge is 2.07. The number of pyridine rings is 1. The number of ether oxygens (including phenoxy) is 1. The fourth-order valence-corrected chi connectivity index (χ4v) is 2.22. The lowest BCUT2D eigenvalue weighted by molar-refractivity contribution is 0.416. The first-order valence-electron chi connectivity index (χ1n) is 6.55. The second-order valence-electron chi connectivity index (χ2n) is 4.58. The second-order valence-corrected chi connectivity index (χ2v) is 4.58. The maximum absolute atomic E-state index is 8.91. The average molecular weight is 278 g/mol. The Kier molecular flexibility index (Phi) is 3.44. The zero-order valence-corrected chi connectivity index (χ0v) is 11.6. The number of fused-ring (bicyclic) bond motifs is 1. The fourth-order valence-electron chi connectivity index (χ4n) is 2.22. The van der Waals surface area contributed by atoms with Gasteiger partial charge in [-0.2, -0.15) is 10.4 Å². The van der Waals surface area contributed by atoms with E-state index >= 15 is 0 Å². The molecule has 0 saturated heterocycles. The van der Waals surface area contributed by atoms with Gasteiger partial charge >= 0.3 is 0 Å². The first kappa shape index (κ1) is 13.0. The lowest BCUT2D eigenvalue weighted by Crippen LogP contribution is -2.01. The van der Waals surface area contributed by atoms with Gasteiger partial charge in [-0.1, -0.05) is 6.07 Å². The summed E-state index contributed by atoms with van der Waals surface area (Å²) in [7, 11) is 1.59. The smallest absolute Gasteiger partial charge is 0.143 e. The van der Waals surface area contributed by atoms with Crippen LogP contribution >= 0.6 is 0 Å². The van der Waals surface area contributed by atoms with Crippen molar-refractivity contribution in [2.45, 2.75) is 6.54 Å². The Balaban J connectivity index is 1.83. The molecule has 5 heteroatoms. The summed E-state index contributed by atoms with van der Waals surface area (Å²) in [5.74, 6) is 0.658. The number of rotatable bonds is 4. The Morgan fingerprint density at radius 2 is 2.24 bits per heavy atom. The first-order chi connectivity index (χ1) is 10.3. The molecule has 0 aliphatic heterocycles. The summed E-state index contributed by atoms with van der Waals surface area (Å²) in [5.41, 5.74) is 3.60. The van der Waals surface area contributed by atoms with Crippen molar-refractivity contribution in [3.05, 3.63) is 59.9 Å². The molecule has 3 rings (SSSR count). The molecule has 0 atom stereocenters. The van der Waals surface area contributed by atoms with E-state index in [1.165, 1.54) is 0 Å². The van der Waals surface area contributed by atoms with Crippen molar-refractivity contribution in [2.24, 2.45) is 0 Å². The molecule has 2 aromatic heterocycles. The molecule has 0 bridgehead atoms. The van der Waals surface area contributed by atoms with Crippen molar-refractivity contribution < 1.29 is 4.74 Å². The Labute approximate surface area is 122 Å². The van der Waals surface area contributed by atoms with Crippen molar-refractivity contribution in [3.8, 4) is 11.8 Å². The molecule has 2 heterocycles. The minimum Gasteiger partial charge on any atom is -0.495 e. The summed E-state index contributed by atoms with van der Waals surface area (Å²) in [5, 5.41) is 16.5. The van der Waals surface area contributed by atoms with Crippen LogP contribution in [-0.4, -0.2) is 16.7 Å². The highest BCUT2D eigenvalue weighted by atomic mass is 16.5. The van der Waals surface area contributed by atoms with Gasteiger partial charge in [0, 0.05) is 24.4 Å². The van der Waals surface area contributed by atoms with Crippen LogP contribution in [0.1, 0.15) is 11.1 Å². The van der Waals surface area contributed by atoms with Gasteiger partial charge in [-0.15, -0.1) is 0 Å². The normalized spacial score (nSPS) is 10.3. The minimum atomic E-state index is 0.577. The van der Waals surface area contributed by atoms with Crippen LogP contribution in [0.4, 0.5) is 5.69 Å². The van der Waals surface area contributed by atoms with Gasteiger partial charge < -0.3 is 10.1 Å². The highest BCUT2D eigenvalue weighted by molar-refractivity contribution is 5.61. The molecule has 0 spiro atoms. The van der Waals surface area contributed by atoms with Crippen LogP contribution in [0.5, 0.6) is 5.75 Å². The summed E-state index contributed by atoms with van der Waals surface area (Å²) < 4.78 is 7.15. The van der Waals surface area contributed by atoms with Gasteiger partial charge in [-0.25, -0.2) is 4.52 Å². The molecule has 0 fully saturated rings. The molecule has 0 aliphatic rings. The lowest BCUT2D eigenvalue weighted by atomic mass is 10.2. The molecular weight excluding hydrogens is 264 g/mol. The number of benzene rings is 1. The Morgan fingerprint density at radius 3 is 3.05 bits per heavy atom. The number of hydrogen-bond donors (Lipinski definition) is 1. The van der Waals surface area contributed by atoms with E-state index in [-0.39, 0.29) is 0 Å². The first-order valence-corrected chi connectivity index (χ1v) is 6.55. The zero-order chi connectivity index (χ0) is 14.7. The monoisotopic (exact) mass is 278 g/mol. The van der Waals surface area contributed by atoms with Gasteiger partial charge in [0.25, 0.3) is 0 Å². The van der Waals surface area contributed by atoms with Gasteiger partial charge in [0.1, 0.15) is 5.75 Å². The number of nitrogens with zero attached hydrogens (tertiary/aromatic N) is 3. The van der Waals surface area contributed by atoms with Gasteiger partial charge in [0.05, 0.1) is 36.1 Å². The van der Waals surface area contributed by atoms with Gasteiger partial charge in [-0.3, -0.25) is 0 Å². The predicted octanol–water partition coefficient (Wildman–Crippen LogP) is 2.83. The third-order valence-corrected chi connectivity index (χ3v) is 3.31. The highest BCUT2D eigenvalue weighted by Crippen LogP contribution is 2.26. The van der Waals surface area contributed by atoms with E-state index in [0.717, 1.165) is 16.8 Å². The van der Waals surface area contributed by atoms with E-state index < -0.39 is 0 Å². The van der Waals surface area contributed by atoms with Crippen LogP contribution in [0.2, 0.25) is 0 Å².